The van der Waals surface area contributed by atoms with Crippen LogP contribution in [0.3, 0.4) is 0 Å². The Hall–Kier alpha value is -3.73. The van der Waals surface area contributed by atoms with Gasteiger partial charge in [-0.25, -0.2) is 0 Å². The molecule has 0 unspecified atom stereocenters. The highest BCUT2D eigenvalue weighted by Gasteiger charge is 2.24. The molecule has 0 aliphatic carbocycles. The molecule has 0 saturated carbocycles. The van der Waals surface area contributed by atoms with Gasteiger partial charge in [-0.1, -0.05) is 76.2 Å². The summed E-state index contributed by atoms with van der Waals surface area (Å²) in [4.78, 5) is 4.48. The van der Waals surface area contributed by atoms with E-state index in [-0.39, 0.29) is 11.5 Å². The highest BCUT2D eigenvalue weighted by Crippen LogP contribution is 2.36. The van der Waals surface area contributed by atoms with Crippen LogP contribution in [0.25, 0.3) is 10.9 Å². The zero-order valence-corrected chi connectivity index (χ0v) is 21.9. The van der Waals surface area contributed by atoms with Gasteiger partial charge in [-0.05, 0) is 29.5 Å². The third-order valence-corrected chi connectivity index (χ3v) is 6.22. The molecule has 36 heavy (non-hydrogen) atoms. The second kappa shape index (κ2) is 10.5. The topological polar surface area (TPSA) is 88.0 Å². The number of hydrogen-bond acceptors (Lipinski definition) is 7. The molecule has 2 heterocycles. The molecule has 1 aliphatic heterocycles. The van der Waals surface area contributed by atoms with Gasteiger partial charge in [0.1, 0.15) is 6.07 Å². The summed E-state index contributed by atoms with van der Waals surface area (Å²) < 4.78 is 0. The lowest BCUT2D eigenvalue weighted by Gasteiger charge is -2.23. The maximum absolute atomic E-state index is 9.76. The van der Waals surface area contributed by atoms with Crippen LogP contribution in [-0.2, 0) is 0 Å². The number of nitriles is 1. The predicted octanol–water partition coefficient (Wildman–Crippen LogP) is 6.46. The number of hydrogen-bond donors (Lipinski definition) is 4. The van der Waals surface area contributed by atoms with Gasteiger partial charge in [0.05, 0.1) is 33.5 Å². The number of halogens is 1. The summed E-state index contributed by atoms with van der Waals surface area (Å²) in [6.07, 6.45) is 4.40. The van der Waals surface area contributed by atoms with Crippen LogP contribution in [0.2, 0.25) is 5.02 Å². The van der Waals surface area contributed by atoms with E-state index in [1.807, 2.05) is 41.5 Å². The number of hydrazine groups is 2. The van der Waals surface area contributed by atoms with E-state index in [4.69, 9.17) is 11.6 Å². The van der Waals surface area contributed by atoms with Gasteiger partial charge in [0.2, 0.25) is 0 Å². The van der Waals surface area contributed by atoms with Crippen molar-refractivity contribution in [2.24, 2.45) is 5.41 Å². The zero-order valence-electron chi connectivity index (χ0n) is 21.1. The molecular formula is C28H32ClN7. The van der Waals surface area contributed by atoms with Gasteiger partial charge in [0, 0.05) is 35.7 Å². The summed E-state index contributed by atoms with van der Waals surface area (Å²) in [5.41, 5.74) is 12.1. The molecule has 1 atom stereocenters. The SMILES string of the molecule is C=C(CC)N1C=C([C@@H](Nc2cc(Cl)c3ncc(C#N)c(NCC(C)(C)C)c3c2)c2ccccc2)NN1. The third kappa shape index (κ3) is 5.56. The number of anilines is 2. The van der Waals surface area contributed by atoms with Gasteiger partial charge in [-0.3, -0.25) is 9.99 Å². The third-order valence-electron chi connectivity index (χ3n) is 5.93. The number of aromatic nitrogens is 1. The van der Waals surface area contributed by atoms with E-state index >= 15 is 0 Å². The van der Waals surface area contributed by atoms with Crippen molar-refractivity contribution < 1.29 is 0 Å². The highest BCUT2D eigenvalue weighted by molar-refractivity contribution is 6.35. The summed E-state index contributed by atoms with van der Waals surface area (Å²) in [6.45, 7) is 13.3. The number of nitrogens with zero attached hydrogens (tertiary/aromatic N) is 3. The van der Waals surface area contributed by atoms with Crippen molar-refractivity contribution in [2.45, 2.75) is 40.2 Å². The van der Waals surface area contributed by atoms with Gasteiger partial charge in [0.25, 0.3) is 0 Å². The van der Waals surface area contributed by atoms with Crippen LogP contribution in [0.1, 0.15) is 51.3 Å². The summed E-state index contributed by atoms with van der Waals surface area (Å²) in [5.74, 6) is 0. The molecule has 8 heteroatoms. The lowest BCUT2D eigenvalue weighted by molar-refractivity contribution is 0.327. The van der Waals surface area contributed by atoms with Crippen LogP contribution in [0, 0.1) is 16.7 Å². The van der Waals surface area contributed by atoms with Crippen molar-refractivity contribution in [3.63, 3.8) is 0 Å². The van der Waals surface area contributed by atoms with E-state index in [1.54, 1.807) is 6.20 Å². The average Bonchev–Trinajstić information content (AvgIpc) is 3.35. The minimum atomic E-state index is -0.194. The van der Waals surface area contributed by atoms with Crippen molar-refractivity contribution in [1.82, 2.24) is 21.0 Å². The minimum Gasteiger partial charge on any atom is -0.383 e. The van der Waals surface area contributed by atoms with Crippen molar-refractivity contribution >= 4 is 33.9 Å². The molecule has 3 aromatic rings. The number of fused-ring (bicyclic) bond motifs is 1. The number of nitrogens with one attached hydrogen (secondary N) is 4. The van der Waals surface area contributed by atoms with Crippen LogP contribution in [-0.4, -0.2) is 16.5 Å². The molecule has 7 nitrogen and oxygen atoms in total. The monoisotopic (exact) mass is 501 g/mol. The highest BCUT2D eigenvalue weighted by atomic mass is 35.5. The maximum Gasteiger partial charge on any atom is 0.103 e. The Morgan fingerprint density at radius 2 is 2.00 bits per heavy atom. The van der Waals surface area contributed by atoms with Crippen LogP contribution >= 0.6 is 11.6 Å². The molecule has 0 bridgehead atoms. The van der Waals surface area contributed by atoms with Crippen LogP contribution in [0.5, 0.6) is 0 Å². The van der Waals surface area contributed by atoms with Crippen LogP contribution in [0.15, 0.2) is 72.8 Å². The molecule has 0 amide bonds. The second-order valence-corrected chi connectivity index (χ2v) is 10.4. The molecule has 2 aromatic carbocycles. The van der Waals surface area contributed by atoms with Gasteiger partial charge in [-0.2, -0.15) is 5.26 Å². The summed E-state index contributed by atoms with van der Waals surface area (Å²) >= 11 is 6.72. The van der Waals surface area contributed by atoms with Gasteiger partial charge in [-0.15, -0.1) is 5.53 Å². The molecule has 1 aliphatic rings. The van der Waals surface area contributed by atoms with Gasteiger partial charge in [0.15, 0.2) is 0 Å². The Balaban J connectivity index is 1.77. The lowest BCUT2D eigenvalue weighted by atomic mass is 9.96. The Kier molecular flexibility index (Phi) is 7.39. The van der Waals surface area contributed by atoms with Crippen LogP contribution in [0.4, 0.5) is 11.4 Å². The molecule has 0 spiro atoms. The molecular weight excluding hydrogens is 470 g/mol. The Morgan fingerprint density at radius 1 is 1.25 bits per heavy atom. The molecule has 0 fully saturated rings. The first kappa shape index (κ1) is 25.4. The van der Waals surface area contributed by atoms with E-state index in [0.717, 1.165) is 40.1 Å². The molecule has 0 radical (unpaired) electrons. The molecule has 1 aromatic heterocycles. The van der Waals surface area contributed by atoms with Crippen molar-refractivity contribution in [3.8, 4) is 6.07 Å². The first-order valence-corrected chi connectivity index (χ1v) is 12.4. The number of pyridine rings is 1. The number of rotatable bonds is 8. The van der Waals surface area contributed by atoms with E-state index in [2.05, 4.69) is 79.1 Å². The van der Waals surface area contributed by atoms with Crippen LogP contribution < -0.4 is 21.6 Å². The second-order valence-electron chi connectivity index (χ2n) is 10.0. The largest absolute Gasteiger partial charge is 0.383 e. The van der Waals surface area contributed by atoms with Gasteiger partial charge >= 0.3 is 0 Å². The molecule has 4 rings (SSSR count). The Bertz CT molecular complexity index is 1340. The van der Waals surface area contributed by atoms with Crippen molar-refractivity contribution in [2.75, 3.05) is 17.2 Å². The fourth-order valence-electron chi connectivity index (χ4n) is 3.94. The Labute approximate surface area is 217 Å². The average molecular weight is 502 g/mol. The molecule has 4 N–H and O–H groups in total. The van der Waals surface area contributed by atoms with Gasteiger partial charge < -0.3 is 16.1 Å². The normalized spacial score (nSPS) is 14.1. The molecule has 0 saturated heterocycles. The first-order valence-electron chi connectivity index (χ1n) is 12.0. The summed E-state index contributed by atoms with van der Waals surface area (Å²) in [6, 6.07) is 16.1. The van der Waals surface area contributed by atoms with Crippen molar-refractivity contribution in [1.29, 1.82) is 5.26 Å². The summed E-state index contributed by atoms with van der Waals surface area (Å²) in [5, 5.41) is 20.1. The lowest BCUT2D eigenvalue weighted by Crippen LogP contribution is -2.36. The summed E-state index contributed by atoms with van der Waals surface area (Å²) in [7, 11) is 0. The van der Waals surface area contributed by atoms with E-state index in [9.17, 15) is 5.26 Å². The maximum atomic E-state index is 9.76. The number of allylic oxidation sites excluding steroid dienone is 1. The first-order chi connectivity index (χ1) is 17.2. The quantitative estimate of drug-likeness (QED) is 0.281. The van der Waals surface area contributed by atoms with Crippen molar-refractivity contribution in [3.05, 3.63) is 89.0 Å². The smallest absolute Gasteiger partial charge is 0.103 e. The van der Waals surface area contributed by atoms with E-state index in [0.29, 0.717) is 22.6 Å². The standard InChI is InChI=1S/C28H32ClN7/c1-6-18(2)36-16-24(34-35-36)26(19-10-8-7-9-11-19)33-21-12-22-25(32-17-28(3,4)5)20(14-30)15-31-27(22)23(29)13-21/h7-13,15-16,26,33-35H,2,6,17H2,1,3-5H3,(H,31,32)/t26-/m0/s1. The Morgan fingerprint density at radius 3 is 2.67 bits per heavy atom. The number of benzene rings is 2. The fraction of sp³-hybridized carbons (Fsp3) is 0.286. The van der Waals surface area contributed by atoms with E-state index < -0.39 is 0 Å². The minimum absolute atomic E-state index is 0.0301. The molecule has 186 valence electrons. The van der Waals surface area contributed by atoms with E-state index in [1.165, 1.54) is 0 Å². The zero-order chi connectivity index (χ0) is 25.9. The predicted molar refractivity (Wildman–Crippen MR) is 148 cm³/mol. The fourth-order valence-corrected chi connectivity index (χ4v) is 4.21.